The fourth-order valence-corrected chi connectivity index (χ4v) is 2.09. The molecule has 0 saturated carbocycles. The van der Waals surface area contributed by atoms with E-state index in [1.807, 2.05) is 0 Å². The summed E-state index contributed by atoms with van der Waals surface area (Å²) in [4.78, 5) is 38.2. The van der Waals surface area contributed by atoms with E-state index in [2.05, 4.69) is 10.3 Å². The number of nitrogens with one attached hydrogen (secondary N) is 1. The molecule has 1 aromatic carbocycles. The molecule has 130 valence electrons. The summed E-state index contributed by atoms with van der Waals surface area (Å²) in [7, 11) is 0. The van der Waals surface area contributed by atoms with Crippen molar-refractivity contribution in [1.82, 2.24) is 10.3 Å². The van der Waals surface area contributed by atoms with E-state index < -0.39 is 11.9 Å². The first-order valence-corrected chi connectivity index (χ1v) is 7.64. The van der Waals surface area contributed by atoms with Crippen molar-refractivity contribution in [3.63, 3.8) is 0 Å². The molecular formula is C18H18N2O5. The lowest BCUT2D eigenvalue weighted by Crippen LogP contribution is -2.26. The van der Waals surface area contributed by atoms with Crippen molar-refractivity contribution in [2.45, 2.75) is 20.3 Å². The van der Waals surface area contributed by atoms with Gasteiger partial charge in [-0.1, -0.05) is 12.1 Å². The number of amides is 1. The normalized spacial score (nSPS) is 10.0. The second-order valence-electron chi connectivity index (χ2n) is 5.19. The van der Waals surface area contributed by atoms with Gasteiger partial charge in [-0.05, 0) is 36.2 Å². The van der Waals surface area contributed by atoms with E-state index in [4.69, 9.17) is 9.47 Å². The molecule has 1 heterocycles. The van der Waals surface area contributed by atoms with Crippen molar-refractivity contribution in [2.75, 3.05) is 6.54 Å². The Hall–Kier alpha value is -3.22. The van der Waals surface area contributed by atoms with Gasteiger partial charge in [0.25, 0.3) is 5.91 Å². The van der Waals surface area contributed by atoms with Crippen LogP contribution in [0.3, 0.4) is 0 Å². The summed E-state index contributed by atoms with van der Waals surface area (Å²) in [5.74, 6) is -0.963. The molecule has 25 heavy (non-hydrogen) atoms. The Morgan fingerprint density at radius 1 is 1.00 bits per heavy atom. The van der Waals surface area contributed by atoms with Crippen LogP contribution in [0, 0.1) is 0 Å². The van der Waals surface area contributed by atoms with Gasteiger partial charge in [-0.2, -0.15) is 0 Å². The lowest BCUT2D eigenvalue weighted by Gasteiger charge is -2.11. The second kappa shape index (κ2) is 8.58. The molecule has 0 saturated heterocycles. The summed E-state index contributed by atoms with van der Waals surface area (Å²) in [6.07, 6.45) is 2.06. The summed E-state index contributed by atoms with van der Waals surface area (Å²) in [6.45, 7) is 2.90. The largest absolute Gasteiger partial charge is 0.423 e. The number of carbonyl (C=O) groups is 3. The summed E-state index contributed by atoms with van der Waals surface area (Å²) in [5, 5.41) is 2.76. The third kappa shape index (κ3) is 5.72. The Morgan fingerprint density at radius 3 is 2.36 bits per heavy atom. The molecule has 1 N–H and O–H groups in total. The number of ether oxygens (including phenoxy) is 2. The highest BCUT2D eigenvalue weighted by atomic mass is 16.6. The van der Waals surface area contributed by atoms with E-state index >= 15 is 0 Å². The minimum absolute atomic E-state index is 0.163. The number of pyridine rings is 1. The predicted octanol–water partition coefficient (Wildman–Crippen LogP) is 1.90. The van der Waals surface area contributed by atoms with E-state index in [1.165, 1.54) is 13.8 Å². The molecule has 2 rings (SSSR count). The Bertz CT molecular complexity index is 774. The molecule has 2 aromatic rings. The van der Waals surface area contributed by atoms with Crippen molar-refractivity contribution in [3.05, 3.63) is 53.9 Å². The number of aromatic nitrogens is 1. The molecule has 0 radical (unpaired) electrons. The molecule has 0 aliphatic carbocycles. The number of rotatable bonds is 6. The average molecular weight is 342 g/mol. The van der Waals surface area contributed by atoms with Gasteiger partial charge in [0, 0.05) is 26.6 Å². The topological polar surface area (TPSA) is 94.6 Å². The maximum absolute atomic E-state index is 11.9. The van der Waals surface area contributed by atoms with Gasteiger partial charge in [-0.25, -0.2) is 0 Å². The maximum Gasteiger partial charge on any atom is 0.308 e. The molecular weight excluding hydrogens is 324 g/mol. The summed E-state index contributed by atoms with van der Waals surface area (Å²) >= 11 is 0. The molecule has 7 nitrogen and oxygen atoms in total. The highest BCUT2D eigenvalue weighted by molar-refractivity contribution is 5.92. The van der Waals surface area contributed by atoms with Crippen LogP contribution < -0.4 is 14.8 Å². The van der Waals surface area contributed by atoms with Crippen LogP contribution in [-0.2, 0) is 16.0 Å². The van der Waals surface area contributed by atoms with Crippen LogP contribution in [0.4, 0.5) is 0 Å². The molecule has 1 aromatic heterocycles. The quantitative estimate of drug-likeness (QED) is 0.636. The van der Waals surface area contributed by atoms with E-state index in [0.717, 1.165) is 5.56 Å². The third-order valence-electron chi connectivity index (χ3n) is 3.11. The summed E-state index contributed by atoms with van der Waals surface area (Å²) < 4.78 is 10.1. The molecule has 7 heteroatoms. The Labute approximate surface area is 145 Å². The molecule has 1 amide bonds. The van der Waals surface area contributed by atoms with Gasteiger partial charge in [0.05, 0.1) is 0 Å². The van der Waals surface area contributed by atoms with Gasteiger partial charge in [0.1, 0.15) is 5.69 Å². The SMILES string of the molecule is CC(=O)Oc1ccc(CCNC(=O)c2ccccn2)cc1OC(C)=O. The number of nitrogens with zero attached hydrogens (tertiary/aromatic N) is 1. The second-order valence-corrected chi connectivity index (χ2v) is 5.19. The van der Waals surface area contributed by atoms with Crippen LogP contribution in [-0.4, -0.2) is 29.4 Å². The van der Waals surface area contributed by atoms with Gasteiger partial charge in [-0.3, -0.25) is 19.4 Å². The smallest absolute Gasteiger partial charge is 0.308 e. The maximum atomic E-state index is 11.9. The van der Waals surface area contributed by atoms with Crippen LogP contribution in [0.1, 0.15) is 29.9 Å². The average Bonchev–Trinajstić information content (AvgIpc) is 2.57. The fourth-order valence-electron chi connectivity index (χ4n) is 2.09. The first-order chi connectivity index (χ1) is 12.0. The number of hydrogen-bond acceptors (Lipinski definition) is 6. The zero-order valence-electron chi connectivity index (χ0n) is 13.9. The molecule has 0 aliphatic heterocycles. The summed E-state index contributed by atoms with van der Waals surface area (Å²) in [5.41, 5.74) is 1.15. The lowest BCUT2D eigenvalue weighted by molar-refractivity contribution is -0.134. The first-order valence-electron chi connectivity index (χ1n) is 7.64. The molecule has 0 unspecified atom stereocenters. The Balaban J connectivity index is 2.00. The number of benzene rings is 1. The lowest BCUT2D eigenvalue weighted by atomic mass is 10.1. The van der Waals surface area contributed by atoms with Gasteiger partial charge in [-0.15, -0.1) is 0 Å². The Morgan fingerprint density at radius 2 is 1.72 bits per heavy atom. The third-order valence-corrected chi connectivity index (χ3v) is 3.11. The molecule has 0 fully saturated rings. The highest BCUT2D eigenvalue weighted by Crippen LogP contribution is 2.29. The highest BCUT2D eigenvalue weighted by Gasteiger charge is 2.12. The molecule has 0 aliphatic rings. The van der Waals surface area contributed by atoms with Gasteiger partial charge in [0.2, 0.25) is 0 Å². The standard InChI is InChI=1S/C18H18N2O5/c1-12(21)24-16-7-6-14(11-17(16)25-13(2)22)8-10-20-18(23)15-5-3-4-9-19-15/h3-7,9,11H,8,10H2,1-2H3,(H,20,23). The number of carbonyl (C=O) groups excluding carboxylic acids is 3. The van der Waals surface area contributed by atoms with Crippen LogP contribution >= 0.6 is 0 Å². The van der Waals surface area contributed by atoms with Crippen LogP contribution in [0.25, 0.3) is 0 Å². The number of hydrogen-bond donors (Lipinski definition) is 1. The monoisotopic (exact) mass is 342 g/mol. The van der Waals surface area contributed by atoms with Gasteiger partial charge >= 0.3 is 11.9 Å². The predicted molar refractivity (Wildman–Crippen MR) is 89.3 cm³/mol. The zero-order chi connectivity index (χ0) is 18.2. The van der Waals surface area contributed by atoms with Gasteiger partial charge in [0.15, 0.2) is 11.5 Å². The zero-order valence-corrected chi connectivity index (χ0v) is 13.9. The van der Waals surface area contributed by atoms with Crippen molar-refractivity contribution in [3.8, 4) is 11.5 Å². The minimum atomic E-state index is -0.519. The van der Waals surface area contributed by atoms with E-state index in [0.29, 0.717) is 18.7 Å². The first kappa shape index (κ1) is 18.1. The van der Waals surface area contributed by atoms with Crippen molar-refractivity contribution < 1.29 is 23.9 Å². The molecule has 0 atom stereocenters. The van der Waals surface area contributed by atoms with Crippen LogP contribution in [0.5, 0.6) is 11.5 Å². The number of esters is 2. The fraction of sp³-hybridized carbons (Fsp3) is 0.222. The van der Waals surface area contributed by atoms with Crippen molar-refractivity contribution >= 4 is 17.8 Å². The van der Waals surface area contributed by atoms with Crippen LogP contribution in [0.2, 0.25) is 0 Å². The van der Waals surface area contributed by atoms with Crippen LogP contribution in [0.15, 0.2) is 42.6 Å². The van der Waals surface area contributed by atoms with E-state index in [1.54, 1.807) is 42.6 Å². The van der Waals surface area contributed by atoms with E-state index in [-0.39, 0.29) is 17.4 Å². The van der Waals surface area contributed by atoms with E-state index in [9.17, 15) is 14.4 Å². The molecule has 0 bridgehead atoms. The van der Waals surface area contributed by atoms with Gasteiger partial charge < -0.3 is 14.8 Å². The summed E-state index contributed by atoms with van der Waals surface area (Å²) in [6, 6.07) is 9.99. The molecule has 0 spiro atoms. The van der Waals surface area contributed by atoms with Crippen molar-refractivity contribution in [1.29, 1.82) is 0 Å². The Kier molecular flexibility index (Phi) is 6.22. The van der Waals surface area contributed by atoms with Crippen molar-refractivity contribution in [2.24, 2.45) is 0 Å². The minimum Gasteiger partial charge on any atom is -0.423 e.